The third-order valence-electron chi connectivity index (χ3n) is 3.98. The summed E-state index contributed by atoms with van der Waals surface area (Å²) in [5.41, 5.74) is 0.765. The molecule has 3 amide bonds. The van der Waals surface area contributed by atoms with Crippen LogP contribution in [0.3, 0.4) is 0 Å². The minimum absolute atomic E-state index is 0.0615. The summed E-state index contributed by atoms with van der Waals surface area (Å²) >= 11 is 8.11. The Hall–Kier alpha value is -3.31. The van der Waals surface area contributed by atoms with Crippen molar-refractivity contribution >= 4 is 62.7 Å². The molecule has 11 heteroatoms. The quantitative estimate of drug-likeness (QED) is 0.315. The molecule has 2 aromatic rings. The summed E-state index contributed by atoms with van der Waals surface area (Å²) in [5, 5.41) is 7.22. The van der Waals surface area contributed by atoms with Crippen LogP contribution in [0, 0.1) is 5.82 Å². The zero-order chi connectivity index (χ0) is 22.5. The van der Waals surface area contributed by atoms with E-state index in [1.54, 1.807) is 12.1 Å². The lowest BCUT2D eigenvalue weighted by atomic mass is 10.1. The second-order valence-electron chi connectivity index (χ2n) is 6.17. The van der Waals surface area contributed by atoms with Crippen molar-refractivity contribution in [1.82, 2.24) is 10.6 Å². The molecule has 0 unspecified atom stereocenters. The molecule has 1 saturated heterocycles. The maximum absolute atomic E-state index is 13.0. The molecule has 0 atom stereocenters. The fraction of sp³-hybridized carbons (Fsp3) is 0.100. The number of ether oxygens (including phenoxy) is 2. The molecule has 3 rings (SSSR count). The first-order valence-corrected chi connectivity index (χ1v) is 9.91. The number of carbonyl (C=O) groups is 3. The summed E-state index contributed by atoms with van der Waals surface area (Å²) in [5.74, 6) is -1.61. The summed E-state index contributed by atoms with van der Waals surface area (Å²) in [7, 11) is 1.41. The van der Waals surface area contributed by atoms with Crippen LogP contribution in [-0.2, 0) is 14.4 Å². The standard InChI is InChI=1S/C20H15BrFN3O5S/c1-29-15-8-10(6-13-18(27)24-20(31)25-19(13)28)7-14(21)17(15)30-9-16(26)23-12-4-2-11(22)3-5-12/h2-8H,9H2,1H3,(H,23,26)(H2,24,25,27,28,31). The molecular formula is C20H15BrFN3O5S. The van der Waals surface area contributed by atoms with E-state index >= 15 is 0 Å². The van der Waals surface area contributed by atoms with Gasteiger partial charge in [-0.05, 0) is 76.2 Å². The number of anilines is 1. The smallest absolute Gasteiger partial charge is 0.263 e. The fourth-order valence-corrected chi connectivity index (χ4v) is 3.36. The zero-order valence-electron chi connectivity index (χ0n) is 16.0. The molecule has 3 N–H and O–H groups in total. The van der Waals surface area contributed by atoms with Crippen LogP contribution in [0.25, 0.3) is 6.08 Å². The highest BCUT2D eigenvalue weighted by Crippen LogP contribution is 2.37. The second-order valence-corrected chi connectivity index (χ2v) is 7.44. The molecule has 0 aliphatic carbocycles. The maximum Gasteiger partial charge on any atom is 0.263 e. The zero-order valence-corrected chi connectivity index (χ0v) is 18.4. The van der Waals surface area contributed by atoms with Gasteiger partial charge in [-0.1, -0.05) is 0 Å². The first-order valence-electron chi connectivity index (χ1n) is 8.71. The highest BCUT2D eigenvalue weighted by Gasteiger charge is 2.26. The maximum atomic E-state index is 13.0. The number of benzene rings is 2. The number of carbonyl (C=O) groups excluding carboxylic acids is 3. The Kier molecular flexibility index (Phi) is 6.98. The minimum Gasteiger partial charge on any atom is -0.493 e. The van der Waals surface area contributed by atoms with Crippen LogP contribution < -0.4 is 25.4 Å². The van der Waals surface area contributed by atoms with Crippen molar-refractivity contribution < 1.29 is 28.2 Å². The molecule has 1 heterocycles. The van der Waals surface area contributed by atoms with Crippen LogP contribution >= 0.6 is 28.1 Å². The molecule has 0 radical (unpaired) electrons. The van der Waals surface area contributed by atoms with E-state index < -0.39 is 23.5 Å². The van der Waals surface area contributed by atoms with Crippen LogP contribution in [0.15, 0.2) is 46.4 Å². The van der Waals surface area contributed by atoms with Crippen molar-refractivity contribution in [2.75, 3.05) is 19.0 Å². The number of amides is 3. The molecule has 1 aliphatic rings. The molecule has 0 saturated carbocycles. The number of rotatable bonds is 6. The van der Waals surface area contributed by atoms with Gasteiger partial charge in [-0.3, -0.25) is 25.0 Å². The summed E-state index contributed by atoms with van der Waals surface area (Å²) in [4.78, 5) is 36.1. The fourth-order valence-electron chi connectivity index (χ4n) is 2.60. The van der Waals surface area contributed by atoms with Crippen LogP contribution in [0.2, 0.25) is 0 Å². The highest BCUT2D eigenvalue weighted by molar-refractivity contribution is 9.10. The predicted octanol–water partition coefficient (Wildman–Crippen LogP) is 2.53. The number of hydrogen-bond acceptors (Lipinski definition) is 6. The van der Waals surface area contributed by atoms with Crippen molar-refractivity contribution in [2.45, 2.75) is 0 Å². The van der Waals surface area contributed by atoms with Crippen molar-refractivity contribution in [3.05, 3.63) is 57.8 Å². The van der Waals surface area contributed by atoms with E-state index in [1.807, 2.05) is 0 Å². The molecule has 160 valence electrons. The Morgan fingerprint density at radius 3 is 2.45 bits per heavy atom. The number of methoxy groups -OCH3 is 1. The molecule has 8 nitrogen and oxygen atoms in total. The van der Waals surface area contributed by atoms with Gasteiger partial charge in [0.05, 0.1) is 11.6 Å². The van der Waals surface area contributed by atoms with Gasteiger partial charge in [0.15, 0.2) is 23.2 Å². The van der Waals surface area contributed by atoms with E-state index in [-0.39, 0.29) is 28.8 Å². The van der Waals surface area contributed by atoms with Gasteiger partial charge < -0.3 is 14.8 Å². The monoisotopic (exact) mass is 507 g/mol. The lowest BCUT2D eigenvalue weighted by molar-refractivity contribution is -0.123. The molecule has 1 fully saturated rings. The van der Waals surface area contributed by atoms with Crippen LogP contribution in [0.5, 0.6) is 11.5 Å². The average molecular weight is 508 g/mol. The minimum atomic E-state index is -0.623. The van der Waals surface area contributed by atoms with E-state index in [0.717, 1.165) is 0 Å². The van der Waals surface area contributed by atoms with Gasteiger partial charge in [-0.15, -0.1) is 0 Å². The number of halogens is 2. The van der Waals surface area contributed by atoms with Crippen LogP contribution in [0.1, 0.15) is 5.56 Å². The third kappa shape index (κ3) is 5.64. The van der Waals surface area contributed by atoms with Gasteiger partial charge in [-0.25, -0.2) is 4.39 Å². The van der Waals surface area contributed by atoms with Gasteiger partial charge >= 0.3 is 0 Å². The average Bonchev–Trinajstić information content (AvgIpc) is 2.71. The first kappa shape index (κ1) is 22.4. The SMILES string of the molecule is COc1cc(C=C2C(=O)NC(=S)NC2=O)cc(Br)c1OCC(=O)Nc1ccc(F)cc1. The summed E-state index contributed by atoms with van der Waals surface area (Å²) in [6.45, 7) is -0.338. The van der Waals surface area contributed by atoms with E-state index in [1.165, 1.54) is 37.5 Å². The predicted molar refractivity (Wildman–Crippen MR) is 118 cm³/mol. The van der Waals surface area contributed by atoms with Crippen LogP contribution in [-0.4, -0.2) is 36.6 Å². The normalized spacial score (nSPS) is 13.3. The summed E-state index contributed by atoms with van der Waals surface area (Å²) < 4.78 is 24.3. The molecule has 0 aromatic heterocycles. The lowest BCUT2D eigenvalue weighted by Crippen LogP contribution is -2.51. The molecule has 0 spiro atoms. The lowest BCUT2D eigenvalue weighted by Gasteiger charge is -2.17. The van der Waals surface area contributed by atoms with E-state index in [4.69, 9.17) is 21.7 Å². The molecule has 31 heavy (non-hydrogen) atoms. The summed E-state index contributed by atoms with van der Waals surface area (Å²) in [6, 6.07) is 8.44. The van der Waals surface area contributed by atoms with Gasteiger partial charge in [0.2, 0.25) is 0 Å². The van der Waals surface area contributed by atoms with Crippen molar-refractivity contribution in [3.63, 3.8) is 0 Å². The first-order chi connectivity index (χ1) is 14.8. The Balaban J connectivity index is 1.75. The van der Waals surface area contributed by atoms with Crippen molar-refractivity contribution in [1.29, 1.82) is 0 Å². The number of hydrogen-bond donors (Lipinski definition) is 3. The highest BCUT2D eigenvalue weighted by atomic mass is 79.9. The van der Waals surface area contributed by atoms with E-state index in [0.29, 0.717) is 15.7 Å². The Bertz CT molecular complexity index is 1080. The van der Waals surface area contributed by atoms with Gasteiger partial charge in [0.25, 0.3) is 17.7 Å². The van der Waals surface area contributed by atoms with Gasteiger partial charge in [-0.2, -0.15) is 0 Å². The Morgan fingerprint density at radius 2 is 1.84 bits per heavy atom. The Labute approximate surface area is 189 Å². The Morgan fingerprint density at radius 1 is 1.19 bits per heavy atom. The van der Waals surface area contributed by atoms with Crippen molar-refractivity contribution in [3.8, 4) is 11.5 Å². The largest absolute Gasteiger partial charge is 0.493 e. The topological polar surface area (TPSA) is 106 Å². The van der Waals surface area contributed by atoms with Gasteiger partial charge in [0.1, 0.15) is 11.4 Å². The van der Waals surface area contributed by atoms with Crippen LogP contribution in [0.4, 0.5) is 10.1 Å². The van der Waals surface area contributed by atoms with Crippen molar-refractivity contribution in [2.24, 2.45) is 0 Å². The third-order valence-corrected chi connectivity index (χ3v) is 4.77. The number of thiocarbonyl (C=S) groups is 1. The number of nitrogens with one attached hydrogen (secondary N) is 3. The molecular weight excluding hydrogens is 493 g/mol. The summed E-state index contributed by atoms with van der Waals surface area (Å²) in [6.07, 6.45) is 1.37. The van der Waals surface area contributed by atoms with Gasteiger partial charge in [0, 0.05) is 5.69 Å². The molecule has 1 aliphatic heterocycles. The molecule has 0 bridgehead atoms. The van der Waals surface area contributed by atoms with E-state index in [9.17, 15) is 18.8 Å². The molecule has 2 aromatic carbocycles. The van der Waals surface area contributed by atoms with E-state index in [2.05, 4.69) is 31.9 Å². The second kappa shape index (κ2) is 9.67.